The minimum Gasteiger partial charge on any atom is -0.474 e. The number of piperidine rings is 1. The Labute approximate surface area is 281 Å². The molecule has 16 heteroatoms. The third-order valence-corrected chi connectivity index (χ3v) is 8.71. The highest BCUT2D eigenvalue weighted by Gasteiger charge is 2.39. The maximum atomic E-state index is 15.9. The molecule has 270 valence electrons. The van der Waals surface area contributed by atoms with Crippen molar-refractivity contribution in [3.63, 3.8) is 0 Å². The van der Waals surface area contributed by atoms with Gasteiger partial charge in [0.15, 0.2) is 5.82 Å². The van der Waals surface area contributed by atoms with Crippen molar-refractivity contribution in [2.24, 2.45) is 5.41 Å². The minimum atomic E-state index is -5.02. The van der Waals surface area contributed by atoms with Crippen LogP contribution in [-0.4, -0.2) is 73.5 Å². The van der Waals surface area contributed by atoms with Crippen LogP contribution in [0.25, 0.3) is 22.2 Å². The van der Waals surface area contributed by atoms with E-state index in [0.717, 1.165) is 45.9 Å². The summed E-state index contributed by atoms with van der Waals surface area (Å²) in [7, 11) is 1.27. The van der Waals surface area contributed by atoms with E-state index in [9.17, 15) is 22.4 Å². The molecule has 3 aliphatic heterocycles. The number of amides is 1. The van der Waals surface area contributed by atoms with Gasteiger partial charge in [0.25, 0.3) is 0 Å². The Balaban J connectivity index is 0.000000321. The van der Waals surface area contributed by atoms with Gasteiger partial charge in [0.2, 0.25) is 11.8 Å². The first-order valence-electron chi connectivity index (χ1n) is 16.4. The average Bonchev–Trinajstić information content (AvgIpc) is 3.11. The zero-order valence-electron chi connectivity index (χ0n) is 28.4. The highest BCUT2D eigenvalue weighted by atomic mass is 19.4. The molecule has 1 unspecified atom stereocenters. The van der Waals surface area contributed by atoms with Crippen LogP contribution in [-0.2, 0) is 15.7 Å². The van der Waals surface area contributed by atoms with Gasteiger partial charge in [0.1, 0.15) is 28.2 Å². The third-order valence-electron chi connectivity index (χ3n) is 8.71. The second kappa shape index (κ2) is 16.1. The Hall–Kier alpha value is -4.05. The summed E-state index contributed by atoms with van der Waals surface area (Å²) in [5.74, 6) is -2.25. The van der Waals surface area contributed by atoms with Crippen LogP contribution in [0.1, 0.15) is 64.0 Å². The molecule has 5 N–H and O–H groups in total. The number of anilines is 2. The number of carbonyl (C=O) groups excluding carboxylic acids is 1. The van der Waals surface area contributed by atoms with E-state index in [1.54, 1.807) is 6.92 Å². The van der Waals surface area contributed by atoms with E-state index >= 15 is 4.39 Å². The molecule has 2 saturated heterocycles. The van der Waals surface area contributed by atoms with Gasteiger partial charge in [-0.05, 0) is 63.1 Å². The first-order valence-corrected chi connectivity index (χ1v) is 16.4. The van der Waals surface area contributed by atoms with Crippen LogP contribution in [0.15, 0.2) is 6.07 Å². The van der Waals surface area contributed by atoms with Gasteiger partial charge in [-0.15, -0.1) is 0 Å². The summed E-state index contributed by atoms with van der Waals surface area (Å²) in [5, 5.41) is 9.23. The van der Waals surface area contributed by atoms with Crippen molar-refractivity contribution in [2.75, 3.05) is 57.6 Å². The Bertz CT molecular complexity index is 1620. The van der Waals surface area contributed by atoms with Crippen LogP contribution < -0.4 is 31.2 Å². The molecule has 0 saturated carbocycles. The van der Waals surface area contributed by atoms with Crippen molar-refractivity contribution in [2.45, 2.75) is 72.1 Å². The molecular formula is C33H44F5N7O4. The summed E-state index contributed by atoms with van der Waals surface area (Å²) in [6.07, 6.45) is -0.917. The molecule has 1 spiro atoms. The summed E-state index contributed by atoms with van der Waals surface area (Å²) in [6, 6.07) is 0.495. The molecule has 5 heterocycles. The fourth-order valence-electron chi connectivity index (χ4n) is 6.00. The first-order chi connectivity index (χ1) is 23.3. The molecule has 2 fully saturated rings. The van der Waals surface area contributed by atoms with E-state index in [1.807, 2.05) is 13.8 Å². The molecule has 49 heavy (non-hydrogen) atoms. The van der Waals surface area contributed by atoms with Crippen molar-refractivity contribution in [3.05, 3.63) is 28.8 Å². The molecule has 1 amide bonds. The van der Waals surface area contributed by atoms with Crippen molar-refractivity contribution in [3.8, 4) is 23.1 Å². The molecule has 1 aromatic carbocycles. The summed E-state index contributed by atoms with van der Waals surface area (Å²) in [5.41, 5.74) is 1.42. The fourth-order valence-corrected chi connectivity index (χ4v) is 6.00. The number of pyridine rings is 1. The van der Waals surface area contributed by atoms with Gasteiger partial charge in [0.05, 0.1) is 24.5 Å². The van der Waals surface area contributed by atoms with Crippen LogP contribution in [0, 0.1) is 24.0 Å². The Morgan fingerprint density at radius 1 is 1.02 bits per heavy atom. The zero-order chi connectivity index (χ0) is 35.9. The van der Waals surface area contributed by atoms with Gasteiger partial charge in [-0.2, -0.15) is 23.1 Å². The van der Waals surface area contributed by atoms with Gasteiger partial charge >= 0.3 is 12.2 Å². The van der Waals surface area contributed by atoms with Gasteiger partial charge in [-0.25, -0.2) is 13.8 Å². The number of nitrogens with one attached hydrogen (secondary N) is 3. The molecule has 11 nitrogen and oxygen atoms in total. The largest absolute Gasteiger partial charge is 0.474 e. The van der Waals surface area contributed by atoms with Crippen molar-refractivity contribution >= 4 is 28.3 Å². The van der Waals surface area contributed by atoms with Crippen LogP contribution in [0.2, 0.25) is 0 Å². The first kappa shape index (κ1) is 37.8. The number of hydrogen-bond donors (Lipinski definition) is 4. The predicted octanol–water partition coefficient (Wildman–Crippen LogP) is 5.78. The van der Waals surface area contributed by atoms with Gasteiger partial charge in [-0.1, -0.05) is 13.8 Å². The molecule has 0 aliphatic carbocycles. The van der Waals surface area contributed by atoms with Crippen LogP contribution in [0.4, 0.5) is 33.5 Å². The Morgan fingerprint density at radius 2 is 1.73 bits per heavy atom. The number of nitrogen functional groups attached to an aromatic ring is 1. The molecular weight excluding hydrogens is 653 g/mol. The number of ether oxygens (including phenoxy) is 3. The topological polar surface area (TPSA) is 146 Å². The molecule has 3 aromatic rings. The number of carbonyl (C=O) groups is 1. The van der Waals surface area contributed by atoms with Crippen molar-refractivity contribution in [1.82, 2.24) is 25.6 Å². The maximum Gasteiger partial charge on any atom is 0.417 e. The van der Waals surface area contributed by atoms with Crippen molar-refractivity contribution in [1.29, 1.82) is 0 Å². The molecule has 3 aliphatic rings. The second-order valence-corrected chi connectivity index (χ2v) is 12.0. The number of aromatic nitrogens is 3. The average molecular weight is 698 g/mol. The highest BCUT2D eigenvalue weighted by Crippen LogP contribution is 2.45. The van der Waals surface area contributed by atoms with E-state index in [4.69, 9.17) is 19.9 Å². The molecule has 0 bridgehead atoms. The number of hydrogen-bond acceptors (Lipinski definition) is 10. The number of alkyl halides is 3. The van der Waals surface area contributed by atoms with Gasteiger partial charge in [0, 0.05) is 44.8 Å². The number of nitrogens with two attached hydrogens (primary N) is 1. The fraction of sp³-hybridized carbons (Fsp3) is 0.576. The van der Waals surface area contributed by atoms with E-state index in [2.05, 4.69) is 30.9 Å². The maximum absolute atomic E-state index is 15.9. The number of rotatable bonds is 2. The normalized spacial score (nSPS) is 19.1. The molecule has 2 aromatic heterocycles. The highest BCUT2D eigenvalue weighted by molar-refractivity contribution is 5.96. The Morgan fingerprint density at radius 3 is 2.37 bits per heavy atom. The standard InChI is InChI=1S/C22H23F5N6O2.C9H15NO2.C2H6/c1-9-4-5-29-6-7-30-19-13-18(32-21(33-19)34-3)16(24)17(31-20(13)35-9)11-8-12(28)15(23)10(2)14(11)22(25,26)27;11-8-1-2-9(7-10-8)3-5-12-6-4-9;1-2/h8-9,29H,4-7,28H2,1-3H3,(H,30,32,33);1-7H2,(H,10,11);1-2H3. The quantitative estimate of drug-likeness (QED) is 0.192. The van der Waals surface area contributed by atoms with Crippen LogP contribution in [0.5, 0.6) is 11.9 Å². The minimum absolute atomic E-state index is 0.0427. The molecule has 6 rings (SSSR count). The van der Waals surface area contributed by atoms with E-state index in [0.29, 0.717) is 44.0 Å². The van der Waals surface area contributed by atoms with Gasteiger partial charge in [-0.3, -0.25) is 4.79 Å². The number of methoxy groups -OCH3 is 1. The number of benzene rings is 1. The number of nitrogens with zero attached hydrogens (tertiary/aromatic N) is 3. The lowest BCUT2D eigenvalue weighted by atomic mass is 9.74. The van der Waals surface area contributed by atoms with E-state index in [-0.39, 0.29) is 34.5 Å². The summed E-state index contributed by atoms with van der Waals surface area (Å²) in [6.45, 7) is 10.8. The molecule has 1 atom stereocenters. The lowest BCUT2D eigenvalue weighted by molar-refractivity contribution is -0.137. The van der Waals surface area contributed by atoms with Crippen LogP contribution >= 0.6 is 0 Å². The molecule has 0 radical (unpaired) electrons. The lowest BCUT2D eigenvalue weighted by Gasteiger charge is -2.40. The summed E-state index contributed by atoms with van der Waals surface area (Å²) < 4.78 is 88.6. The Kier molecular flexibility index (Phi) is 12.4. The lowest BCUT2D eigenvalue weighted by Crippen LogP contribution is -2.46. The second-order valence-electron chi connectivity index (χ2n) is 12.0. The van der Waals surface area contributed by atoms with Crippen molar-refractivity contribution < 1.29 is 41.0 Å². The SMILES string of the molecule is CC.COc1nc2c3c(nc(-c4cc(N)c(F)c(C)c4C(F)(F)F)c(F)c3n1)OC(C)CCNCCN2.O=C1CCC2(CCOCC2)CN1. The van der Waals surface area contributed by atoms with Crippen LogP contribution in [0.3, 0.4) is 0 Å². The summed E-state index contributed by atoms with van der Waals surface area (Å²) >= 11 is 0. The summed E-state index contributed by atoms with van der Waals surface area (Å²) in [4.78, 5) is 23.3. The predicted molar refractivity (Wildman–Crippen MR) is 176 cm³/mol. The van der Waals surface area contributed by atoms with E-state index in [1.165, 1.54) is 7.11 Å². The van der Waals surface area contributed by atoms with Gasteiger partial charge < -0.3 is 35.9 Å². The zero-order valence-corrected chi connectivity index (χ0v) is 28.4. The third kappa shape index (κ3) is 8.58. The monoisotopic (exact) mass is 697 g/mol. The smallest absolute Gasteiger partial charge is 0.417 e. The number of halogens is 5. The van der Waals surface area contributed by atoms with E-state index < -0.39 is 52.0 Å².